The highest BCUT2D eigenvalue weighted by Gasteiger charge is 2.18. The van der Waals surface area contributed by atoms with Crippen LogP contribution in [0.5, 0.6) is 0 Å². The fourth-order valence-corrected chi connectivity index (χ4v) is 1.92. The molecule has 0 radical (unpaired) electrons. The summed E-state index contributed by atoms with van der Waals surface area (Å²) in [6.07, 6.45) is 1.42. The second-order valence-corrected chi connectivity index (χ2v) is 4.72. The molecular formula is C11H9BrF2N4O. The number of aryl methyl sites for hydroxylation is 1. The van der Waals surface area contributed by atoms with Crippen LogP contribution in [0.1, 0.15) is 10.5 Å². The molecule has 0 unspecified atom stereocenters. The lowest BCUT2D eigenvalue weighted by Gasteiger charge is -2.07. The highest BCUT2D eigenvalue weighted by molar-refractivity contribution is 9.10. The number of benzene rings is 1. The van der Waals surface area contributed by atoms with E-state index >= 15 is 0 Å². The summed E-state index contributed by atoms with van der Waals surface area (Å²) in [7, 11) is 1.58. The molecule has 0 spiro atoms. The van der Waals surface area contributed by atoms with E-state index in [1.807, 2.05) is 0 Å². The Morgan fingerprint density at radius 2 is 2.00 bits per heavy atom. The average molecular weight is 331 g/mol. The molecule has 100 valence electrons. The Morgan fingerprint density at radius 1 is 1.42 bits per heavy atom. The van der Waals surface area contributed by atoms with Gasteiger partial charge in [-0.15, -0.1) is 0 Å². The average Bonchev–Trinajstić information content (AvgIpc) is 2.62. The number of rotatable bonds is 2. The van der Waals surface area contributed by atoms with Gasteiger partial charge in [-0.25, -0.2) is 8.78 Å². The van der Waals surface area contributed by atoms with E-state index in [0.717, 1.165) is 12.1 Å². The summed E-state index contributed by atoms with van der Waals surface area (Å²) in [5.74, 6) is -2.57. The van der Waals surface area contributed by atoms with Gasteiger partial charge in [-0.05, 0) is 12.1 Å². The molecule has 2 aromatic rings. The number of nitrogens with zero attached hydrogens (tertiary/aromatic N) is 2. The zero-order valence-electron chi connectivity index (χ0n) is 9.75. The lowest BCUT2D eigenvalue weighted by atomic mass is 10.2. The topological polar surface area (TPSA) is 72.9 Å². The third kappa shape index (κ3) is 2.73. The number of carbonyl (C=O) groups is 1. The normalized spacial score (nSPS) is 10.5. The first-order chi connectivity index (χ1) is 8.88. The summed E-state index contributed by atoms with van der Waals surface area (Å²) in [6, 6.07) is 2.08. The van der Waals surface area contributed by atoms with Crippen molar-refractivity contribution in [1.29, 1.82) is 0 Å². The zero-order valence-corrected chi connectivity index (χ0v) is 11.3. The van der Waals surface area contributed by atoms with Crippen molar-refractivity contribution in [1.82, 2.24) is 9.78 Å². The molecule has 1 aromatic carbocycles. The van der Waals surface area contributed by atoms with Crippen LogP contribution < -0.4 is 11.1 Å². The van der Waals surface area contributed by atoms with Crippen LogP contribution in [-0.2, 0) is 7.05 Å². The van der Waals surface area contributed by atoms with Crippen molar-refractivity contribution in [3.63, 3.8) is 0 Å². The van der Waals surface area contributed by atoms with Gasteiger partial charge in [0.2, 0.25) is 0 Å². The number of aromatic nitrogens is 2. The fourth-order valence-electron chi connectivity index (χ4n) is 1.52. The van der Waals surface area contributed by atoms with Crippen molar-refractivity contribution in [2.24, 2.45) is 7.05 Å². The molecule has 0 aliphatic rings. The molecule has 0 aliphatic carbocycles. The zero-order chi connectivity index (χ0) is 14.2. The molecule has 0 saturated carbocycles. The van der Waals surface area contributed by atoms with Gasteiger partial charge in [-0.3, -0.25) is 9.48 Å². The van der Waals surface area contributed by atoms with Gasteiger partial charge in [0.1, 0.15) is 5.69 Å². The highest BCUT2D eigenvalue weighted by Crippen LogP contribution is 2.24. The molecule has 0 saturated heterocycles. The van der Waals surface area contributed by atoms with E-state index in [-0.39, 0.29) is 15.9 Å². The van der Waals surface area contributed by atoms with Crippen molar-refractivity contribution in [3.8, 4) is 0 Å². The molecule has 1 heterocycles. The first-order valence-corrected chi connectivity index (χ1v) is 5.93. The van der Waals surface area contributed by atoms with E-state index in [0.29, 0.717) is 0 Å². The van der Waals surface area contributed by atoms with Gasteiger partial charge in [0.25, 0.3) is 5.91 Å². The van der Waals surface area contributed by atoms with Crippen LogP contribution in [0.2, 0.25) is 0 Å². The van der Waals surface area contributed by atoms with Crippen molar-refractivity contribution < 1.29 is 13.6 Å². The molecule has 1 amide bonds. The molecule has 3 N–H and O–H groups in total. The number of nitrogens with two attached hydrogens (primary N) is 1. The predicted octanol–water partition coefficient (Wildman–Crippen LogP) is 2.30. The van der Waals surface area contributed by atoms with Gasteiger partial charge in [0, 0.05) is 17.7 Å². The smallest absolute Gasteiger partial charge is 0.278 e. The minimum Gasteiger partial charge on any atom is -0.396 e. The Morgan fingerprint density at radius 3 is 2.47 bits per heavy atom. The van der Waals surface area contributed by atoms with Crippen LogP contribution >= 0.6 is 15.9 Å². The summed E-state index contributed by atoms with van der Waals surface area (Å²) < 4.78 is 28.7. The molecule has 0 bridgehead atoms. The Bertz CT molecular complexity index is 633. The van der Waals surface area contributed by atoms with Gasteiger partial charge in [-0.2, -0.15) is 5.10 Å². The third-order valence-electron chi connectivity index (χ3n) is 2.32. The predicted molar refractivity (Wildman–Crippen MR) is 69.6 cm³/mol. The lowest BCUT2D eigenvalue weighted by molar-refractivity contribution is 0.102. The number of halogens is 3. The number of anilines is 2. The maximum Gasteiger partial charge on any atom is 0.278 e. The molecule has 5 nitrogen and oxygen atoms in total. The standard InChI is InChI=1S/C11H9BrF2N4O/c1-18-4-8(15)10(17-18)11(19)16-9-6(13)2-5(12)3-7(9)14/h2-4H,15H2,1H3,(H,16,19). The van der Waals surface area contributed by atoms with Crippen LogP contribution in [-0.4, -0.2) is 15.7 Å². The SMILES string of the molecule is Cn1cc(N)c(C(=O)Nc2c(F)cc(Br)cc2F)n1. The monoisotopic (exact) mass is 330 g/mol. The molecule has 2 rings (SSSR count). The summed E-state index contributed by atoms with van der Waals surface area (Å²) >= 11 is 2.94. The molecular weight excluding hydrogens is 322 g/mol. The maximum atomic E-state index is 13.6. The van der Waals surface area contributed by atoms with Gasteiger partial charge in [0.15, 0.2) is 17.3 Å². The van der Waals surface area contributed by atoms with E-state index in [9.17, 15) is 13.6 Å². The van der Waals surface area contributed by atoms with E-state index in [1.165, 1.54) is 10.9 Å². The molecule has 19 heavy (non-hydrogen) atoms. The van der Waals surface area contributed by atoms with Gasteiger partial charge in [0.05, 0.1) is 5.69 Å². The summed E-state index contributed by atoms with van der Waals surface area (Å²) in [4.78, 5) is 11.8. The first-order valence-electron chi connectivity index (χ1n) is 5.13. The Hall–Kier alpha value is -1.96. The van der Waals surface area contributed by atoms with E-state index in [4.69, 9.17) is 5.73 Å². The van der Waals surface area contributed by atoms with Gasteiger partial charge < -0.3 is 11.1 Å². The van der Waals surface area contributed by atoms with Crippen molar-refractivity contribution in [2.45, 2.75) is 0 Å². The van der Waals surface area contributed by atoms with Crippen LogP contribution in [0.25, 0.3) is 0 Å². The molecule has 1 aromatic heterocycles. The molecule has 0 aliphatic heterocycles. The summed E-state index contributed by atoms with van der Waals surface area (Å²) in [6.45, 7) is 0. The minimum absolute atomic E-state index is 0.0933. The lowest BCUT2D eigenvalue weighted by Crippen LogP contribution is -2.16. The first kappa shape index (κ1) is 13.5. The van der Waals surface area contributed by atoms with Crippen LogP contribution in [0.15, 0.2) is 22.8 Å². The molecule has 8 heteroatoms. The Balaban J connectivity index is 2.32. The van der Waals surface area contributed by atoms with E-state index in [2.05, 4.69) is 26.3 Å². The van der Waals surface area contributed by atoms with Crippen molar-refractivity contribution in [2.75, 3.05) is 11.1 Å². The van der Waals surface area contributed by atoms with E-state index < -0.39 is 23.2 Å². The van der Waals surface area contributed by atoms with Crippen molar-refractivity contribution in [3.05, 3.63) is 40.1 Å². The van der Waals surface area contributed by atoms with Gasteiger partial charge >= 0.3 is 0 Å². The summed E-state index contributed by atoms with van der Waals surface area (Å²) in [5.41, 5.74) is 5.04. The third-order valence-corrected chi connectivity index (χ3v) is 2.78. The number of amides is 1. The summed E-state index contributed by atoms with van der Waals surface area (Å²) in [5, 5.41) is 5.92. The quantitative estimate of drug-likeness (QED) is 0.887. The van der Waals surface area contributed by atoms with Gasteiger partial charge in [-0.1, -0.05) is 15.9 Å². The van der Waals surface area contributed by atoms with E-state index in [1.54, 1.807) is 7.05 Å². The second-order valence-electron chi connectivity index (χ2n) is 3.81. The number of nitrogens with one attached hydrogen (secondary N) is 1. The second kappa shape index (κ2) is 4.96. The number of nitrogen functional groups attached to an aromatic ring is 1. The Kier molecular flexibility index (Phi) is 3.52. The van der Waals surface area contributed by atoms with Crippen LogP contribution in [0.3, 0.4) is 0 Å². The van der Waals surface area contributed by atoms with Crippen molar-refractivity contribution >= 4 is 33.2 Å². The molecule has 0 atom stereocenters. The molecule has 0 fully saturated rings. The van der Waals surface area contributed by atoms with Crippen LogP contribution in [0.4, 0.5) is 20.2 Å². The number of hydrogen-bond acceptors (Lipinski definition) is 3. The number of hydrogen-bond donors (Lipinski definition) is 2. The highest BCUT2D eigenvalue weighted by atomic mass is 79.9. The number of carbonyl (C=O) groups excluding carboxylic acids is 1. The maximum absolute atomic E-state index is 13.6. The largest absolute Gasteiger partial charge is 0.396 e. The minimum atomic E-state index is -0.894. The fraction of sp³-hybridized carbons (Fsp3) is 0.0909. The Labute approximate surface area is 115 Å². The van der Waals surface area contributed by atoms with Crippen LogP contribution in [0, 0.1) is 11.6 Å².